The van der Waals surface area contributed by atoms with E-state index in [4.69, 9.17) is 24.1 Å². The average Bonchev–Trinajstić information content (AvgIpc) is 2.30. The topological polar surface area (TPSA) is 64.7 Å². The fourth-order valence-corrected chi connectivity index (χ4v) is 1.00. The lowest BCUT2D eigenvalue weighted by Crippen LogP contribution is -2.38. The molecule has 0 aliphatic rings. The summed E-state index contributed by atoms with van der Waals surface area (Å²) in [5.41, 5.74) is 0. The highest BCUT2D eigenvalue weighted by Crippen LogP contribution is 2.19. The molecule has 0 saturated carbocycles. The molecule has 0 unspecified atom stereocenters. The molecule has 0 aromatic carbocycles. The summed E-state index contributed by atoms with van der Waals surface area (Å²) in [5, 5.41) is 9.14. The van der Waals surface area contributed by atoms with E-state index in [2.05, 4.69) is 13.5 Å². The van der Waals surface area contributed by atoms with Crippen molar-refractivity contribution in [1.82, 2.24) is 0 Å². The summed E-state index contributed by atoms with van der Waals surface area (Å²) in [4.78, 5) is 9.14. The van der Waals surface area contributed by atoms with Gasteiger partial charge in [0.25, 0.3) is 5.97 Å². The first kappa shape index (κ1) is 18.5. The molecule has 17 heavy (non-hydrogen) atoms. The predicted molar refractivity (Wildman–Crippen MR) is 63.5 cm³/mol. The summed E-state index contributed by atoms with van der Waals surface area (Å²) in [6.45, 7) is 14.0. The number of hydrogen-bond donors (Lipinski definition) is 0. The Morgan fingerprint density at radius 2 is 1.41 bits per heavy atom. The van der Waals surface area contributed by atoms with E-state index in [9.17, 15) is 0 Å². The average molecular weight is 246 g/mol. The van der Waals surface area contributed by atoms with Crippen molar-refractivity contribution in [2.45, 2.75) is 33.2 Å². The second-order valence-electron chi connectivity index (χ2n) is 2.76. The smallest absolute Gasteiger partial charge is 0.328 e. The van der Waals surface area contributed by atoms with E-state index >= 15 is 0 Å². The summed E-state index contributed by atoms with van der Waals surface area (Å²) in [5.74, 6) is -2.15. The Hall–Kier alpha value is -0.910. The largest absolute Gasteiger partial charge is 0.378 e. The standard InChI is InChI=1S/C9H19O3.C3H3O2/c1-5-9(10-6-2,11-7-3)12-8-4;1-2-3(4)5/h1,5-8H2,2-4H3;2H,1H2. The van der Waals surface area contributed by atoms with Gasteiger partial charge >= 0.3 is 5.97 Å². The van der Waals surface area contributed by atoms with Crippen molar-refractivity contribution in [2.24, 2.45) is 0 Å². The third kappa shape index (κ3) is 9.99. The van der Waals surface area contributed by atoms with Crippen molar-refractivity contribution >= 4 is 5.97 Å². The van der Waals surface area contributed by atoms with Crippen LogP contribution in [0.4, 0.5) is 0 Å². The van der Waals surface area contributed by atoms with Crippen LogP contribution in [0.5, 0.6) is 0 Å². The molecule has 0 atom stereocenters. The van der Waals surface area contributed by atoms with Crippen molar-refractivity contribution in [3.63, 3.8) is 0 Å². The normalized spacial score (nSPS) is 10.4. The molecule has 0 fully saturated rings. The molecule has 0 aliphatic carbocycles. The zero-order valence-corrected chi connectivity index (χ0v) is 10.9. The molecular formula is C12H22O5. The van der Waals surface area contributed by atoms with Crippen molar-refractivity contribution in [1.29, 1.82) is 0 Å². The van der Waals surface area contributed by atoms with Gasteiger partial charge in [-0.25, -0.2) is 9.90 Å². The molecule has 0 N–H and O–H groups in total. The first-order chi connectivity index (χ1) is 8.01. The third-order valence-electron chi connectivity index (χ3n) is 1.57. The van der Waals surface area contributed by atoms with E-state index in [-0.39, 0.29) is 0 Å². The summed E-state index contributed by atoms with van der Waals surface area (Å²) in [6, 6.07) is 0. The molecule has 0 aromatic rings. The molecular weight excluding hydrogens is 224 g/mol. The van der Waals surface area contributed by atoms with E-state index < -0.39 is 11.9 Å². The first-order valence-electron chi connectivity index (χ1n) is 5.56. The highest BCUT2D eigenvalue weighted by molar-refractivity contribution is 5.78. The Bertz CT molecular complexity index is 186. The van der Waals surface area contributed by atoms with Gasteiger partial charge in [-0.05, 0) is 27.7 Å². The minimum absolute atomic E-state index is 0.461. The van der Waals surface area contributed by atoms with E-state index in [1.807, 2.05) is 20.8 Å². The van der Waals surface area contributed by atoms with Gasteiger partial charge < -0.3 is 14.2 Å². The number of hydrogen-bond acceptors (Lipinski definition) is 4. The van der Waals surface area contributed by atoms with Crippen molar-refractivity contribution in [2.75, 3.05) is 19.8 Å². The highest BCUT2D eigenvalue weighted by Gasteiger charge is 2.29. The van der Waals surface area contributed by atoms with Crippen LogP contribution < -0.4 is 0 Å². The van der Waals surface area contributed by atoms with Crippen LogP contribution in [0, 0.1) is 6.92 Å². The van der Waals surface area contributed by atoms with Gasteiger partial charge in [0.15, 0.2) is 0 Å². The van der Waals surface area contributed by atoms with Gasteiger partial charge in [0, 0.05) is 32.3 Å². The van der Waals surface area contributed by atoms with Crippen LogP contribution in [0.3, 0.4) is 0 Å². The molecule has 0 aliphatic heterocycles. The van der Waals surface area contributed by atoms with Gasteiger partial charge in [-0.2, -0.15) is 0 Å². The number of carbonyl (C=O) groups excluding carboxylic acids is 1. The van der Waals surface area contributed by atoms with Crippen LogP contribution in [-0.4, -0.2) is 31.8 Å². The van der Waals surface area contributed by atoms with Crippen LogP contribution in [-0.2, 0) is 24.1 Å². The van der Waals surface area contributed by atoms with Crippen molar-refractivity contribution in [3.8, 4) is 0 Å². The van der Waals surface area contributed by atoms with Gasteiger partial charge in [-0.3, -0.25) is 0 Å². The third-order valence-corrected chi connectivity index (χ3v) is 1.57. The number of ether oxygens (including phenoxy) is 3. The van der Waals surface area contributed by atoms with Gasteiger partial charge in [0.2, 0.25) is 0 Å². The van der Waals surface area contributed by atoms with E-state index in [0.29, 0.717) is 26.2 Å². The summed E-state index contributed by atoms with van der Waals surface area (Å²) in [6.07, 6.45) is 1.18. The lowest BCUT2D eigenvalue weighted by molar-refractivity contribution is -0.375. The SMILES string of the molecule is C=CC([O])=O.[CH2]CC(OCC)(OCC)OCC. The predicted octanol–water partition coefficient (Wildman–Crippen LogP) is 2.10. The quantitative estimate of drug-likeness (QED) is 0.486. The Balaban J connectivity index is 0. The molecule has 0 saturated heterocycles. The summed E-state index contributed by atoms with van der Waals surface area (Å²) in [7, 11) is 0. The maximum atomic E-state index is 9.14. The molecule has 5 nitrogen and oxygen atoms in total. The lowest BCUT2D eigenvalue weighted by Gasteiger charge is -2.30. The van der Waals surface area contributed by atoms with E-state index in [1.54, 1.807) is 0 Å². The van der Waals surface area contributed by atoms with Gasteiger partial charge in [-0.1, -0.05) is 6.58 Å². The Morgan fingerprint density at radius 3 is 1.53 bits per heavy atom. The lowest BCUT2D eigenvalue weighted by atomic mass is 10.4. The van der Waals surface area contributed by atoms with Crippen LogP contribution in [0.2, 0.25) is 0 Å². The maximum absolute atomic E-state index is 9.14. The summed E-state index contributed by atoms with van der Waals surface area (Å²) < 4.78 is 16.1. The molecule has 0 bridgehead atoms. The van der Waals surface area contributed by atoms with Gasteiger partial charge in [-0.15, -0.1) is 0 Å². The Morgan fingerprint density at radius 1 is 1.12 bits per heavy atom. The second-order valence-corrected chi connectivity index (χ2v) is 2.76. The van der Waals surface area contributed by atoms with E-state index in [1.165, 1.54) is 0 Å². The van der Waals surface area contributed by atoms with Crippen LogP contribution >= 0.6 is 0 Å². The number of carbonyl (C=O) groups is 1. The van der Waals surface area contributed by atoms with Crippen LogP contribution in [0.1, 0.15) is 27.2 Å². The highest BCUT2D eigenvalue weighted by atomic mass is 16.9. The van der Waals surface area contributed by atoms with Crippen molar-refractivity contribution < 1.29 is 24.1 Å². The monoisotopic (exact) mass is 246 g/mol. The Kier molecular flexibility index (Phi) is 12.6. The molecule has 0 rings (SSSR count). The maximum Gasteiger partial charge on any atom is 0.378 e. The molecule has 0 spiro atoms. The molecule has 0 aromatic heterocycles. The fourth-order valence-electron chi connectivity index (χ4n) is 1.00. The molecule has 100 valence electrons. The Labute approximate surface area is 103 Å². The summed E-state index contributed by atoms with van der Waals surface area (Å²) >= 11 is 0. The molecule has 0 heterocycles. The van der Waals surface area contributed by atoms with Crippen LogP contribution in [0.15, 0.2) is 12.7 Å². The van der Waals surface area contributed by atoms with Gasteiger partial charge in [0.1, 0.15) is 0 Å². The second kappa shape index (κ2) is 11.6. The number of rotatable bonds is 8. The van der Waals surface area contributed by atoms with E-state index in [0.717, 1.165) is 6.08 Å². The molecule has 2 radical (unpaired) electrons. The molecule has 0 amide bonds. The van der Waals surface area contributed by atoms with Crippen molar-refractivity contribution in [3.05, 3.63) is 19.6 Å². The fraction of sp³-hybridized carbons (Fsp3) is 0.667. The minimum atomic E-state index is -1.23. The molecule has 5 heteroatoms. The minimum Gasteiger partial charge on any atom is -0.328 e. The zero-order valence-electron chi connectivity index (χ0n) is 10.9. The first-order valence-corrected chi connectivity index (χ1v) is 5.56. The van der Waals surface area contributed by atoms with Crippen LogP contribution in [0.25, 0.3) is 0 Å². The zero-order chi connectivity index (χ0) is 13.7. The van der Waals surface area contributed by atoms with Gasteiger partial charge in [0.05, 0.1) is 0 Å².